The van der Waals surface area contributed by atoms with Crippen LogP contribution in [0.5, 0.6) is 0 Å². The Morgan fingerprint density at radius 2 is 1.76 bits per heavy atom. The molecule has 0 aliphatic carbocycles. The molecule has 2 N–H and O–H groups in total. The minimum absolute atomic E-state index is 0.233. The summed E-state index contributed by atoms with van der Waals surface area (Å²) >= 11 is 0. The highest BCUT2D eigenvalue weighted by Gasteiger charge is 2.26. The summed E-state index contributed by atoms with van der Waals surface area (Å²) in [6.45, 7) is 6.12. The van der Waals surface area contributed by atoms with Crippen LogP contribution >= 0.6 is 0 Å². The number of hydrogen-bond donors (Lipinski definition) is 1. The molecule has 0 saturated heterocycles. The highest BCUT2D eigenvalue weighted by molar-refractivity contribution is 5.39. The number of hydrogen-bond acceptors (Lipinski definition) is 3. The molecule has 1 aromatic heterocycles. The van der Waals surface area contributed by atoms with Gasteiger partial charge in [0.05, 0.1) is 0 Å². The van der Waals surface area contributed by atoms with E-state index in [-0.39, 0.29) is 5.41 Å². The predicted molar refractivity (Wildman–Crippen MR) is 69.8 cm³/mol. The summed E-state index contributed by atoms with van der Waals surface area (Å²) < 4.78 is 0. The molecule has 2 aromatic rings. The zero-order chi connectivity index (χ0) is 12.5. The average Bonchev–Trinajstić information content (AvgIpc) is 2.33. The standard InChI is InChI=1S/C14H17N3/c1-10-9-16-13(17-12(10)15)14(2,3)11-7-5-4-6-8-11/h4-9H,1-3H3,(H2,15,16,17). The van der Waals surface area contributed by atoms with Crippen molar-refractivity contribution in [3.8, 4) is 0 Å². The summed E-state index contributed by atoms with van der Waals surface area (Å²) in [7, 11) is 0. The molecule has 0 fully saturated rings. The molecular formula is C14H17N3. The third-order valence-electron chi connectivity index (χ3n) is 3.07. The van der Waals surface area contributed by atoms with E-state index in [0.717, 1.165) is 11.4 Å². The Morgan fingerprint density at radius 3 is 2.35 bits per heavy atom. The van der Waals surface area contributed by atoms with Crippen LogP contribution in [0.3, 0.4) is 0 Å². The fraction of sp³-hybridized carbons (Fsp3) is 0.286. The van der Waals surface area contributed by atoms with Crippen molar-refractivity contribution in [1.29, 1.82) is 0 Å². The van der Waals surface area contributed by atoms with Crippen LogP contribution < -0.4 is 5.73 Å². The fourth-order valence-electron chi connectivity index (χ4n) is 1.74. The van der Waals surface area contributed by atoms with Crippen molar-refractivity contribution in [3.05, 3.63) is 53.5 Å². The zero-order valence-corrected chi connectivity index (χ0v) is 10.4. The van der Waals surface area contributed by atoms with Gasteiger partial charge < -0.3 is 5.73 Å². The molecule has 0 spiro atoms. The van der Waals surface area contributed by atoms with Crippen LogP contribution in [0, 0.1) is 6.92 Å². The van der Waals surface area contributed by atoms with Crippen molar-refractivity contribution in [2.24, 2.45) is 0 Å². The van der Waals surface area contributed by atoms with E-state index in [9.17, 15) is 0 Å². The SMILES string of the molecule is Cc1cnc(C(C)(C)c2ccccc2)nc1N. The Labute approximate surface area is 102 Å². The van der Waals surface area contributed by atoms with Crippen molar-refractivity contribution >= 4 is 5.82 Å². The number of benzene rings is 1. The Bertz CT molecular complexity index is 518. The first kappa shape index (κ1) is 11.6. The molecular weight excluding hydrogens is 210 g/mol. The van der Waals surface area contributed by atoms with E-state index in [1.807, 2.05) is 25.1 Å². The van der Waals surface area contributed by atoms with Gasteiger partial charge in [0.1, 0.15) is 11.6 Å². The van der Waals surface area contributed by atoms with Gasteiger partial charge in [0.15, 0.2) is 0 Å². The largest absolute Gasteiger partial charge is 0.383 e. The molecule has 17 heavy (non-hydrogen) atoms. The van der Waals surface area contributed by atoms with Gasteiger partial charge in [0.25, 0.3) is 0 Å². The summed E-state index contributed by atoms with van der Waals surface area (Å²) in [6.07, 6.45) is 1.78. The van der Waals surface area contributed by atoms with Gasteiger partial charge in [-0.05, 0) is 26.3 Å². The molecule has 0 aliphatic heterocycles. The molecule has 1 aromatic carbocycles. The maximum absolute atomic E-state index is 5.84. The van der Waals surface area contributed by atoms with Gasteiger partial charge in [-0.3, -0.25) is 0 Å². The lowest BCUT2D eigenvalue weighted by Gasteiger charge is -2.23. The quantitative estimate of drug-likeness (QED) is 0.858. The topological polar surface area (TPSA) is 51.8 Å². The monoisotopic (exact) mass is 227 g/mol. The van der Waals surface area contributed by atoms with Crippen molar-refractivity contribution in [2.45, 2.75) is 26.2 Å². The minimum atomic E-state index is -0.233. The van der Waals surface area contributed by atoms with Crippen molar-refractivity contribution in [2.75, 3.05) is 5.73 Å². The highest BCUT2D eigenvalue weighted by atomic mass is 15.0. The Hall–Kier alpha value is -1.90. The summed E-state index contributed by atoms with van der Waals surface area (Å²) in [5.41, 5.74) is 7.71. The van der Waals surface area contributed by atoms with Gasteiger partial charge in [-0.2, -0.15) is 0 Å². The fourth-order valence-corrected chi connectivity index (χ4v) is 1.74. The van der Waals surface area contributed by atoms with E-state index in [1.165, 1.54) is 5.56 Å². The van der Waals surface area contributed by atoms with Gasteiger partial charge in [-0.1, -0.05) is 30.3 Å². The highest BCUT2D eigenvalue weighted by Crippen LogP contribution is 2.29. The van der Waals surface area contributed by atoms with Crippen LogP contribution in [-0.4, -0.2) is 9.97 Å². The number of nitrogens with two attached hydrogens (primary N) is 1. The number of aryl methyl sites for hydroxylation is 1. The lowest BCUT2D eigenvalue weighted by Crippen LogP contribution is -2.23. The van der Waals surface area contributed by atoms with Crippen molar-refractivity contribution in [3.63, 3.8) is 0 Å². The number of nitrogen functional groups attached to an aromatic ring is 1. The van der Waals surface area contributed by atoms with E-state index < -0.39 is 0 Å². The van der Waals surface area contributed by atoms with E-state index >= 15 is 0 Å². The zero-order valence-electron chi connectivity index (χ0n) is 10.4. The molecule has 3 nitrogen and oxygen atoms in total. The van der Waals surface area contributed by atoms with Crippen LogP contribution in [0.25, 0.3) is 0 Å². The molecule has 0 atom stereocenters. The lowest BCUT2D eigenvalue weighted by molar-refractivity contribution is 0.590. The van der Waals surface area contributed by atoms with Gasteiger partial charge in [-0.15, -0.1) is 0 Å². The summed E-state index contributed by atoms with van der Waals surface area (Å²) in [4.78, 5) is 8.78. The average molecular weight is 227 g/mol. The van der Waals surface area contributed by atoms with Crippen molar-refractivity contribution in [1.82, 2.24) is 9.97 Å². The van der Waals surface area contributed by atoms with Crippen LogP contribution in [0.1, 0.15) is 30.8 Å². The first-order valence-electron chi connectivity index (χ1n) is 5.67. The maximum atomic E-state index is 5.84. The third-order valence-corrected chi connectivity index (χ3v) is 3.07. The minimum Gasteiger partial charge on any atom is -0.383 e. The van der Waals surface area contributed by atoms with Crippen LogP contribution in [0.4, 0.5) is 5.82 Å². The molecule has 0 unspecified atom stereocenters. The molecule has 3 heteroatoms. The number of nitrogens with zero attached hydrogens (tertiary/aromatic N) is 2. The van der Waals surface area contributed by atoms with E-state index in [1.54, 1.807) is 6.20 Å². The number of aromatic nitrogens is 2. The van der Waals surface area contributed by atoms with Crippen molar-refractivity contribution < 1.29 is 0 Å². The van der Waals surface area contributed by atoms with E-state index in [0.29, 0.717) is 5.82 Å². The molecule has 0 radical (unpaired) electrons. The second-order valence-corrected chi connectivity index (χ2v) is 4.75. The van der Waals surface area contributed by atoms with Crippen LogP contribution in [-0.2, 0) is 5.41 Å². The van der Waals surface area contributed by atoms with Gasteiger partial charge in [0.2, 0.25) is 0 Å². The lowest BCUT2D eigenvalue weighted by atomic mass is 9.84. The van der Waals surface area contributed by atoms with Gasteiger partial charge in [0, 0.05) is 17.2 Å². The molecule has 0 aliphatic rings. The molecule has 0 amide bonds. The second-order valence-electron chi connectivity index (χ2n) is 4.75. The van der Waals surface area contributed by atoms with E-state index in [2.05, 4.69) is 35.9 Å². The molecule has 2 rings (SSSR count). The normalized spacial score (nSPS) is 11.5. The van der Waals surface area contributed by atoms with Crippen LogP contribution in [0.2, 0.25) is 0 Å². The number of rotatable bonds is 2. The predicted octanol–water partition coefficient (Wildman–Crippen LogP) is 2.69. The summed E-state index contributed by atoms with van der Waals surface area (Å²) in [5, 5.41) is 0. The van der Waals surface area contributed by atoms with Crippen LogP contribution in [0.15, 0.2) is 36.5 Å². The molecule has 88 valence electrons. The molecule has 0 saturated carbocycles. The van der Waals surface area contributed by atoms with Gasteiger partial charge >= 0.3 is 0 Å². The smallest absolute Gasteiger partial charge is 0.140 e. The first-order chi connectivity index (χ1) is 8.01. The second kappa shape index (κ2) is 4.17. The Balaban J connectivity index is 2.48. The van der Waals surface area contributed by atoms with Gasteiger partial charge in [-0.25, -0.2) is 9.97 Å². The first-order valence-corrected chi connectivity index (χ1v) is 5.67. The maximum Gasteiger partial charge on any atom is 0.140 e. The Kier molecular flexibility index (Phi) is 2.84. The third kappa shape index (κ3) is 2.13. The molecule has 0 bridgehead atoms. The molecule has 1 heterocycles. The Morgan fingerprint density at radius 1 is 1.12 bits per heavy atom. The summed E-state index contributed by atoms with van der Waals surface area (Å²) in [6, 6.07) is 10.2. The van der Waals surface area contributed by atoms with E-state index in [4.69, 9.17) is 5.73 Å². The summed E-state index contributed by atoms with van der Waals surface area (Å²) in [5.74, 6) is 1.31. The number of anilines is 1.